The fourth-order valence-corrected chi connectivity index (χ4v) is 2.07. The van der Waals surface area contributed by atoms with E-state index in [9.17, 15) is 0 Å². The minimum Gasteiger partial charge on any atom is -0.305 e. The van der Waals surface area contributed by atoms with Crippen LogP contribution in [0.5, 0.6) is 0 Å². The molecule has 1 aliphatic heterocycles. The Morgan fingerprint density at radius 3 is 2.58 bits per heavy atom. The number of rotatable bonds is 1. The van der Waals surface area contributed by atoms with Crippen molar-refractivity contribution in [3.05, 3.63) is 0 Å². The largest absolute Gasteiger partial charge is 0.305 e. The predicted molar refractivity (Wildman–Crippen MR) is 56.9 cm³/mol. The molecule has 0 bridgehead atoms. The highest BCUT2D eigenvalue weighted by molar-refractivity contribution is 8.01. The third-order valence-electron chi connectivity index (χ3n) is 1.73. The number of thioether (sulfide) groups is 1. The SMILES string of the molecule is CC1SCC/C1=N/NC(C)(C)C. The van der Waals surface area contributed by atoms with Crippen molar-refractivity contribution in [2.75, 3.05) is 5.75 Å². The molecule has 0 spiro atoms. The molecule has 1 rings (SSSR count). The zero-order chi connectivity index (χ0) is 9.19. The number of nitrogens with one attached hydrogen (secondary N) is 1. The molecule has 1 unspecified atom stereocenters. The van der Waals surface area contributed by atoms with Crippen LogP contribution in [0.25, 0.3) is 0 Å². The Labute approximate surface area is 79.2 Å². The molecule has 12 heavy (non-hydrogen) atoms. The topological polar surface area (TPSA) is 24.4 Å². The summed E-state index contributed by atoms with van der Waals surface area (Å²) in [7, 11) is 0. The van der Waals surface area contributed by atoms with Crippen LogP contribution in [0.2, 0.25) is 0 Å². The van der Waals surface area contributed by atoms with E-state index in [4.69, 9.17) is 0 Å². The summed E-state index contributed by atoms with van der Waals surface area (Å²) in [4.78, 5) is 0. The molecule has 1 fully saturated rings. The Bertz CT molecular complexity index is 181. The van der Waals surface area contributed by atoms with Gasteiger partial charge < -0.3 is 5.43 Å². The molecule has 1 N–H and O–H groups in total. The van der Waals surface area contributed by atoms with Crippen molar-refractivity contribution in [3.63, 3.8) is 0 Å². The first kappa shape index (κ1) is 9.90. The maximum atomic E-state index is 4.42. The van der Waals surface area contributed by atoms with Gasteiger partial charge in [-0.05, 0) is 39.9 Å². The van der Waals surface area contributed by atoms with Gasteiger partial charge in [-0.2, -0.15) is 16.9 Å². The highest BCUT2D eigenvalue weighted by atomic mass is 32.2. The Kier molecular flexibility index (Phi) is 3.04. The second-order valence-electron chi connectivity index (χ2n) is 4.23. The summed E-state index contributed by atoms with van der Waals surface area (Å²) < 4.78 is 0. The van der Waals surface area contributed by atoms with Crippen LogP contribution < -0.4 is 5.43 Å². The molecule has 70 valence electrons. The monoisotopic (exact) mass is 186 g/mol. The zero-order valence-corrected chi connectivity index (χ0v) is 9.16. The van der Waals surface area contributed by atoms with Gasteiger partial charge in [0.15, 0.2) is 0 Å². The van der Waals surface area contributed by atoms with Crippen molar-refractivity contribution in [3.8, 4) is 0 Å². The van der Waals surface area contributed by atoms with E-state index in [-0.39, 0.29) is 5.54 Å². The van der Waals surface area contributed by atoms with Gasteiger partial charge in [-0.1, -0.05) is 0 Å². The standard InChI is InChI=1S/C9H18N2S/c1-7-8(5-6-12-7)10-11-9(2,3)4/h7,11H,5-6H2,1-4H3/b10-8-. The Hall–Kier alpha value is -0.180. The van der Waals surface area contributed by atoms with Gasteiger partial charge in [0.1, 0.15) is 0 Å². The van der Waals surface area contributed by atoms with Gasteiger partial charge in [-0.25, -0.2) is 0 Å². The second kappa shape index (κ2) is 3.69. The summed E-state index contributed by atoms with van der Waals surface area (Å²) in [5, 5.41) is 5.03. The van der Waals surface area contributed by atoms with E-state index >= 15 is 0 Å². The minimum absolute atomic E-state index is 0.0972. The maximum absolute atomic E-state index is 4.42. The smallest absolute Gasteiger partial charge is 0.0513 e. The Morgan fingerprint density at radius 2 is 2.17 bits per heavy atom. The lowest BCUT2D eigenvalue weighted by atomic mass is 10.1. The molecule has 0 aromatic carbocycles. The lowest BCUT2D eigenvalue weighted by Crippen LogP contribution is -2.32. The lowest BCUT2D eigenvalue weighted by molar-refractivity contribution is 0.440. The first-order valence-electron chi connectivity index (χ1n) is 4.44. The van der Waals surface area contributed by atoms with Crippen molar-refractivity contribution in [2.45, 2.75) is 44.9 Å². The van der Waals surface area contributed by atoms with Gasteiger partial charge in [-0.3, -0.25) is 0 Å². The maximum Gasteiger partial charge on any atom is 0.0513 e. The molecule has 2 nitrogen and oxygen atoms in total. The van der Waals surface area contributed by atoms with Crippen LogP contribution in [0.1, 0.15) is 34.1 Å². The highest BCUT2D eigenvalue weighted by Gasteiger charge is 2.19. The molecule has 0 aromatic heterocycles. The molecule has 0 saturated carbocycles. The van der Waals surface area contributed by atoms with Gasteiger partial charge in [-0.15, -0.1) is 0 Å². The predicted octanol–water partition coefficient (Wildman–Crippen LogP) is 2.26. The van der Waals surface area contributed by atoms with E-state index in [2.05, 4.69) is 38.2 Å². The molecule has 1 aliphatic rings. The summed E-state index contributed by atoms with van der Waals surface area (Å²) in [6, 6.07) is 0. The van der Waals surface area contributed by atoms with E-state index < -0.39 is 0 Å². The summed E-state index contributed by atoms with van der Waals surface area (Å²) in [5.74, 6) is 1.23. The van der Waals surface area contributed by atoms with Crippen LogP contribution in [0.15, 0.2) is 5.10 Å². The molecule has 1 heterocycles. The highest BCUT2D eigenvalue weighted by Crippen LogP contribution is 2.23. The molecule has 3 heteroatoms. The normalized spacial score (nSPS) is 28.0. The van der Waals surface area contributed by atoms with Gasteiger partial charge >= 0.3 is 0 Å². The van der Waals surface area contributed by atoms with Crippen LogP contribution in [0, 0.1) is 0 Å². The van der Waals surface area contributed by atoms with Crippen molar-refractivity contribution in [1.82, 2.24) is 5.43 Å². The van der Waals surface area contributed by atoms with E-state index in [1.54, 1.807) is 0 Å². The van der Waals surface area contributed by atoms with Gasteiger partial charge in [0.25, 0.3) is 0 Å². The van der Waals surface area contributed by atoms with Crippen LogP contribution in [0.3, 0.4) is 0 Å². The van der Waals surface area contributed by atoms with Crippen molar-refractivity contribution >= 4 is 17.5 Å². The Balaban J connectivity index is 2.46. The summed E-state index contributed by atoms with van der Waals surface area (Å²) in [6.07, 6.45) is 1.15. The van der Waals surface area contributed by atoms with E-state index in [0.29, 0.717) is 5.25 Å². The fourth-order valence-electron chi connectivity index (χ4n) is 1.03. The summed E-state index contributed by atoms with van der Waals surface area (Å²) in [5.41, 5.74) is 4.58. The second-order valence-corrected chi connectivity index (χ2v) is 5.68. The first-order chi connectivity index (χ1) is 5.49. The minimum atomic E-state index is 0.0972. The van der Waals surface area contributed by atoms with E-state index in [1.807, 2.05) is 11.8 Å². The molecule has 1 atom stereocenters. The van der Waals surface area contributed by atoms with E-state index in [0.717, 1.165) is 6.42 Å². The molecule has 1 saturated heterocycles. The van der Waals surface area contributed by atoms with Crippen LogP contribution in [-0.2, 0) is 0 Å². The molecular formula is C9H18N2S. The van der Waals surface area contributed by atoms with Crippen molar-refractivity contribution < 1.29 is 0 Å². The number of hydrogen-bond acceptors (Lipinski definition) is 3. The fraction of sp³-hybridized carbons (Fsp3) is 0.889. The van der Waals surface area contributed by atoms with Crippen molar-refractivity contribution in [1.29, 1.82) is 0 Å². The average Bonchev–Trinajstić information content (AvgIpc) is 2.29. The first-order valence-corrected chi connectivity index (χ1v) is 5.49. The van der Waals surface area contributed by atoms with Crippen molar-refractivity contribution in [2.24, 2.45) is 5.10 Å². The quantitative estimate of drug-likeness (QED) is 0.635. The molecule has 0 amide bonds. The van der Waals surface area contributed by atoms with Crippen LogP contribution in [-0.4, -0.2) is 22.3 Å². The van der Waals surface area contributed by atoms with Gasteiger partial charge in [0.2, 0.25) is 0 Å². The zero-order valence-electron chi connectivity index (χ0n) is 8.35. The lowest BCUT2D eigenvalue weighted by Gasteiger charge is -2.18. The van der Waals surface area contributed by atoms with Crippen LogP contribution >= 0.6 is 11.8 Å². The number of nitrogens with zero attached hydrogens (tertiary/aromatic N) is 1. The molecular weight excluding hydrogens is 168 g/mol. The summed E-state index contributed by atoms with van der Waals surface area (Å²) in [6.45, 7) is 8.61. The van der Waals surface area contributed by atoms with E-state index in [1.165, 1.54) is 11.5 Å². The third-order valence-corrected chi connectivity index (χ3v) is 2.94. The van der Waals surface area contributed by atoms with Gasteiger partial charge in [0, 0.05) is 10.8 Å². The molecule has 0 aliphatic carbocycles. The van der Waals surface area contributed by atoms with Crippen LogP contribution in [0.4, 0.5) is 0 Å². The Morgan fingerprint density at radius 1 is 1.50 bits per heavy atom. The number of hydrazone groups is 1. The molecule has 0 aromatic rings. The average molecular weight is 186 g/mol. The summed E-state index contributed by atoms with van der Waals surface area (Å²) >= 11 is 1.99. The molecule has 0 radical (unpaired) electrons. The number of hydrogen-bond donors (Lipinski definition) is 1. The van der Waals surface area contributed by atoms with Gasteiger partial charge in [0.05, 0.1) is 5.71 Å². The third kappa shape index (κ3) is 3.05.